The molecule has 0 saturated heterocycles. The van der Waals surface area contributed by atoms with Gasteiger partial charge in [0.15, 0.2) is 0 Å². The second-order valence-electron chi connectivity index (χ2n) is 4.77. The fraction of sp³-hybridized carbons (Fsp3) is 0.267. The molecule has 1 aromatic carbocycles. The molecule has 2 N–H and O–H groups in total. The third-order valence-corrected chi connectivity index (χ3v) is 3.43. The van der Waals surface area contributed by atoms with Gasteiger partial charge in [0.2, 0.25) is 0 Å². The molecule has 4 heteroatoms. The molecule has 0 amide bonds. The standard InChI is InChI=1S/C15H18N4/c1-16-8-7-15-17-9-13(18-15)12-10-19(2)14-6-4-3-5-11(12)14/h3-6,9-10,16H,7-8H2,1-2H3,(H,17,18). The summed E-state index contributed by atoms with van der Waals surface area (Å²) in [6.45, 7) is 0.933. The van der Waals surface area contributed by atoms with Crippen LogP contribution in [-0.2, 0) is 13.5 Å². The maximum absolute atomic E-state index is 4.44. The first-order chi connectivity index (χ1) is 9.29. The predicted octanol–water partition coefficient (Wildman–Crippen LogP) is 2.33. The molecule has 0 bridgehead atoms. The monoisotopic (exact) mass is 254 g/mol. The zero-order valence-corrected chi connectivity index (χ0v) is 11.3. The minimum absolute atomic E-state index is 0.918. The number of hydrogen-bond donors (Lipinski definition) is 2. The lowest BCUT2D eigenvalue weighted by atomic mass is 10.1. The molecule has 0 atom stereocenters. The van der Waals surface area contributed by atoms with Gasteiger partial charge in [-0.05, 0) is 13.1 Å². The van der Waals surface area contributed by atoms with E-state index in [1.54, 1.807) is 0 Å². The molecule has 0 unspecified atom stereocenters. The van der Waals surface area contributed by atoms with E-state index in [0.717, 1.165) is 24.5 Å². The van der Waals surface area contributed by atoms with Gasteiger partial charge in [0.1, 0.15) is 5.82 Å². The van der Waals surface area contributed by atoms with E-state index in [4.69, 9.17) is 0 Å². The van der Waals surface area contributed by atoms with Crippen LogP contribution in [0.5, 0.6) is 0 Å². The van der Waals surface area contributed by atoms with E-state index in [1.807, 2.05) is 13.2 Å². The molecule has 4 nitrogen and oxygen atoms in total. The molecular formula is C15H18N4. The smallest absolute Gasteiger partial charge is 0.107 e. The maximum atomic E-state index is 4.44. The predicted molar refractivity (Wildman–Crippen MR) is 78.1 cm³/mol. The number of nitrogens with one attached hydrogen (secondary N) is 2. The topological polar surface area (TPSA) is 45.6 Å². The number of H-pyrrole nitrogens is 1. The van der Waals surface area contributed by atoms with Crippen LogP contribution in [0.25, 0.3) is 22.2 Å². The summed E-state index contributed by atoms with van der Waals surface area (Å²) in [6, 6.07) is 8.43. The molecule has 0 aliphatic heterocycles. The molecule has 3 aromatic rings. The van der Waals surface area contributed by atoms with Crippen LogP contribution in [0.2, 0.25) is 0 Å². The van der Waals surface area contributed by atoms with Crippen molar-refractivity contribution in [3.8, 4) is 11.3 Å². The molecule has 19 heavy (non-hydrogen) atoms. The molecule has 3 rings (SSSR count). The van der Waals surface area contributed by atoms with E-state index in [9.17, 15) is 0 Å². The Bertz CT molecular complexity index is 693. The molecule has 0 fully saturated rings. The van der Waals surface area contributed by atoms with Crippen molar-refractivity contribution in [2.75, 3.05) is 13.6 Å². The van der Waals surface area contributed by atoms with Gasteiger partial charge in [-0.3, -0.25) is 0 Å². The molecule has 0 aliphatic rings. The SMILES string of the molecule is CNCCc1ncc(-c2cn(C)c3ccccc23)[nH]1. The van der Waals surface area contributed by atoms with Crippen molar-refractivity contribution in [1.29, 1.82) is 0 Å². The van der Waals surface area contributed by atoms with Gasteiger partial charge in [-0.2, -0.15) is 0 Å². The van der Waals surface area contributed by atoms with Gasteiger partial charge in [0.05, 0.1) is 11.9 Å². The van der Waals surface area contributed by atoms with Crippen molar-refractivity contribution in [3.05, 3.63) is 42.5 Å². The number of rotatable bonds is 4. The lowest BCUT2D eigenvalue weighted by molar-refractivity contribution is 0.764. The Balaban J connectivity index is 2.02. The first kappa shape index (κ1) is 12.0. The molecular weight excluding hydrogens is 236 g/mol. The van der Waals surface area contributed by atoms with Crippen LogP contribution in [-0.4, -0.2) is 28.1 Å². The summed E-state index contributed by atoms with van der Waals surface area (Å²) in [4.78, 5) is 7.85. The Kier molecular flexibility index (Phi) is 3.09. The van der Waals surface area contributed by atoms with Crippen LogP contribution < -0.4 is 5.32 Å². The minimum Gasteiger partial charge on any atom is -0.350 e. The van der Waals surface area contributed by atoms with Gasteiger partial charge >= 0.3 is 0 Å². The fourth-order valence-electron chi connectivity index (χ4n) is 2.43. The Morgan fingerprint density at radius 3 is 3.00 bits per heavy atom. The summed E-state index contributed by atoms with van der Waals surface area (Å²) in [7, 11) is 4.03. The Labute approximate surface area is 112 Å². The van der Waals surface area contributed by atoms with Gasteiger partial charge in [0, 0.05) is 42.7 Å². The number of imidazole rings is 1. The van der Waals surface area contributed by atoms with E-state index in [0.29, 0.717) is 0 Å². The van der Waals surface area contributed by atoms with Crippen LogP contribution in [0.1, 0.15) is 5.82 Å². The summed E-state index contributed by atoms with van der Waals surface area (Å²) in [5.41, 5.74) is 3.54. The Morgan fingerprint density at radius 2 is 2.16 bits per heavy atom. The average molecular weight is 254 g/mol. The second-order valence-corrected chi connectivity index (χ2v) is 4.77. The largest absolute Gasteiger partial charge is 0.350 e. The molecule has 0 radical (unpaired) electrons. The number of benzene rings is 1. The van der Waals surface area contributed by atoms with Gasteiger partial charge in [-0.15, -0.1) is 0 Å². The van der Waals surface area contributed by atoms with Crippen molar-refractivity contribution >= 4 is 10.9 Å². The minimum atomic E-state index is 0.918. The van der Waals surface area contributed by atoms with Crippen LogP contribution in [0.3, 0.4) is 0 Å². The normalized spacial score (nSPS) is 11.3. The summed E-state index contributed by atoms with van der Waals surface area (Å²) < 4.78 is 2.15. The van der Waals surface area contributed by atoms with Crippen LogP contribution in [0.4, 0.5) is 0 Å². The van der Waals surface area contributed by atoms with Crippen LogP contribution in [0, 0.1) is 0 Å². The number of hydrogen-bond acceptors (Lipinski definition) is 2. The van der Waals surface area contributed by atoms with Crippen LogP contribution >= 0.6 is 0 Å². The summed E-state index contributed by atoms with van der Waals surface area (Å²) in [5.74, 6) is 1.03. The molecule has 2 aromatic heterocycles. The highest BCUT2D eigenvalue weighted by atomic mass is 15.0. The van der Waals surface area contributed by atoms with Crippen molar-refractivity contribution in [1.82, 2.24) is 19.9 Å². The third kappa shape index (κ3) is 2.15. The van der Waals surface area contributed by atoms with Gasteiger partial charge in [-0.1, -0.05) is 18.2 Å². The van der Waals surface area contributed by atoms with Gasteiger partial charge in [-0.25, -0.2) is 4.98 Å². The Hall–Kier alpha value is -2.07. The number of aromatic amines is 1. The van der Waals surface area contributed by atoms with Gasteiger partial charge in [0.25, 0.3) is 0 Å². The lowest BCUT2D eigenvalue weighted by Gasteiger charge is -1.96. The molecule has 98 valence electrons. The van der Waals surface area contributed by atoms with E-state index >= 15 is 0 Å². The molecule has 0 aliphatic carbocycles. The molecule has 0 saturated carbocycles. The lowest BCUT2D eigenvalue weighted by Crippen LogP contribution is -2.10. The van der Waals surface area contributed by atoms with Crippen molar-refractivity contribution in [2.24, 2.45) is 7.05 Å². The number of aromatic nitrogens is 3. The first-order valence-corrected chi connectivity index (χ1v) is 6.52. The number of para-hydroxylation sites is 1. The number of nitrogens with zero attached hydrogens (tertiary/aromatic N) is 2. The zero-order valence-electron chi connectivity index (χ0n) is 11.3. The third-order valence-electron chi connectivity index (χ3n) is 3.43. The van der Waals surface area contributed by atoms with Crippen molar-refractivity contribution < 1.29 is 0 Å². The highest BCUT2D eigenvalue weighted by molar-refractivity contribution is 5.95. The van der Waals surface area contributed by atoms with E-state index in [-0.39, 0.29) is 0 Å². The fourth-order valence-corrected chi connectivity index (χ4v) is 2.43. The molecule has 2 heterocycles. The zero-order chi connectivity index (χ0) is 13.2. The van der Waals surface area contributed by atoms with E-state index in [2.05, 4.69) is 57.4 Å². The first-order valence-electron chi connectivity index (χ1n) is 6.52. The quantitative estimate of drug-likeness (QED) is 0.750. The number of aryl methyl sites for hydroxylation is 1. The van der Waals surface area contributed by atoms with Crippen LogP contribution in [0.15, 0.2) is 36.7 Å². The average Bonchev–Trinajstić information content (AvgIpc) is 3.02. The highest BCUT2D eigenvalue weighted by Gasteiger charge is 2.10. The van der Waals surface area contributed by atoms with E-state index < -0.39 is 0 Å². The van der Waals surface area contributed by atoms with Crippen molar-refractivity contribution in [2.45, 2.75) is 6.42 Å². The number of likely N-dealkylation sites (N-methyl/N-ethyl adjacent to an activating group) is 1. The highest BCUT2D eigenvalue weighted by Crippen LogP contribution is 2.28. The van der Waals surface area contributed by atoms with Crippen molar-refractivity contribution in [3.63, 3.8) is 0 Å². The van der Waals surface area contributed by atoms with E-state index in [1.165, 1.54) is 16.5 Å². The van der Waals surface area contributed by atoms with Gasteiger partial charge < -0.3 is 14.9 Å². The maximum Gasteiger partial charge on any atom is 0.107 e. The molecule has 0 spiro atoms. The number of fused-ring (bicyclic) bond motifs is 1. The summed E-state index contributed by atoms with van der Waals surface area (Å²) in [5, 5.41) is 4.39. The summed E-state index contributed by atoms with van der Waals surface area (Å²) in [6.07, 6.45) is 4.99. The second kappa shape index (κ2) is 4.90. The Morgan fingerprint density at radius 1 is 1.32 bits per heavy atom. The summed E-state index contributed by atoms with van der Waals surface area (Å²) >= 11 is 0.